The third kappa shape index (κ3) is 6.43. The highest BCUT2D eigenvalue weighted by molar-refractivity contribution is 5.94. The van der Waals surface area contributed by atoms with Crippen LogP contribution < -0.4 is 10.1 Å². The molecule has 1 aromatic carbocycles. The Hall–Kier alpha value is -4.06. The van der Waals surface area contributed by atoms with Gasteiger partial charge in [-0.1, -0.05) is 0 Å². The summed E-state index contributed by atoms with van der Waals surface area (Å²) in [6.07, 6.45) is -20.0. The van der Waals surface area contributed by atoms with Gasteiger partial charge in [-0.25, -0.2) is 15.0 Å². The van der Waals surface area contributed by atoms with Crippen LogP contribution in [-0.4, -0.2) is 42.9 Å². The van der Waals surface area contributed by atoms with Crippen molar-refractivity contribution in [2.75, 3.05) is 0 Å². The van der Waals surface area contributed by atoms with E-state index in [1.54, 1.807) is 0 Å². The van der Waals surface area contributed by atoms with E-state index in [9.17, 15) is 53.1 Å². The van der Waals surface area contributed by atoms with Crippen molar-refractivity contribution in [2.24, 2.45) is 0 Å². The maximum Gasteiger partial charge on any atom is 0.499 e. The Morgan fingerprint density at radius 2 is 1.39 bits per heavy atom. The Kier molecular flexibility index (Phi) is 7.26. The van der Waals surface area contributed by atoms with Crippen molar-refractivity contribution in [3.63, 3.8) is 0 Å². The molecule has 0 aliphatic rings. The minimum absolute atomic E-state index is 0.149. The summed E-state index contributed by atoms with van der Waals surface area (Å²) < 4.78 is 145. The molecule has 3 rings (SSSR count). The maximum atomic E-state index is 13.0. The number of amides is 1. The van der Waals surface area contributed by atoms with E-state index in [1.165, 1.54) is 6.92 Å². The van der Waals surface area contributed by atoms with E-state index in [-0.39, 0.29) is 24.0 Å². The lowest BCUT2D eigenvalue weighted by molar-refractivity contribution is -0.360. The van der Waals surface area contributed by atoms with Crippen molar-refractivity contribution in [3.05, 3.63) is 59.4 Å². The number of ether oxygens (including phenoxy) is 1. The number of aromatic nitrogens is 5. The second-order valence-corrected chi connectivity index (χ2v) is 7.37. The van der Waals surface area contributed by atoms with E-state index in [2.05, 4.69) is 30.1 Å². The second-order valence-electron chi connectivity index (χ2n) is 7.37. The average molecular weight is 564 g/mol. The average Bonchev–Trinajstić information content (AvgIpc) is 3.27. The molecule has 8 nitrogen and oxygen atoms in total. The number of nitrogens with zero attached hydrogens (tertiary/aromatic N) is 5. The van der Waals surface area contributed by atoms with Crippen LogP contribution in [0.15, 0.2) is 36.9 Å². The zero-order chi connectivity index (χ0) is 28.7. The number of rotatable bonds is 6. The van der Waals surface area contributed by atoms with Crippen LogP contribution >= 0.6 is 0 Å². The Morgan fingerprint density at radius 3 is 1.87 bits per heavy atom. The van der Waals surface area contributed by atoms with Crippen molar-refractivity contribution in [2.45, 2.75) is 37.6 Å². The molecule has 3 aromatic rings. The van der Waals surface area contributed by atoms with E-state index in [1.807, 2.05) is 0 Å². The molecule has 1 N–H and O–H groups in total. The van der Waals surface area contributed by atoms with Crippen LogP contribution in [0.1, 0.15) is 40.3 Å². The predicted octanol–water partition coefficient (Wildman–Crippen LogP) is 5.12. The SMILES string of the molecule is CC(NC(=O)c1cc(C(F)(F)F)cc(C(F)(F)F)c1)c1ncn(-c2ncc(OC(F)(F)C(F)(F)F)cn2)n1. The van der Waals surface area contributed by atoms with Crippen molar-refractivity contribution >= 4 is 5.91 Å². The van der Waals surface area contributed by atoms with Gasteiger partial charge < -0.3 is 10.1 Å². The number of hydrogen-bond acceptors (Lipinski definition) is 6. The number of carbonyl (C=O) groups is 1. The van der Waals surface area contributed by atoms with Gasteiger partial charge in [-0.15, -0.1) is 5.10 Å². The third-order valence-electron chi connectivity index (χ3n) is 4.49. The van der Waals surface area contributed by atoms with Gasteiger partial charge >= 0.3 is 24.6 Å². The Bertz CT molecular complexity index is 1270. The fourth-order valence-electron chi connectivity index (χ4n) is 2.69. The fraction of sp³-hybridized carbons (Fsp3) is 0.316. The number of carbonyl (C=O) groups excluding carboxylic acids is 1. The first-order valence-corrected chi connectivity index (χ1v) is 9.76. The molecule has 0 fully saturated rings. The predicted molar refractivity (Wildman–Crippen MR) is 101 cm³/mol. The molecule has 0 bridgehead atoms. The molecular weight excluding hydrogens is 553 g/mol. The second kappa shape index (κ2) is 9.67. The van der Waals surface area contributed by atoms with E-state index >= 15 is 0 Å². The molecule has 19 heteroatoms. The minimum atomic E-state index is -6.00. The highest BCUT2D eigenvalue weighted by atomic mass is 19.4. The smallest absolute Gasteiger partial charge is 0.422 e. The lowest BCUT2D eigenvalue weighted by atomic mass is 10.0. The summed E-state index contributed by atoms with van der Waals surface area (Å²) in [6.45, 7) is 1.23. The van der Waals surface area contributed by atoms with Crippen LogP contribution in [0, 0.1) is 0 Å². The zero-order valence-corrected chi connectivity index (χ0v) is 18.3. The fourth-order valence-corrected chi connectivity index (χ4v) is 2.69. The monoisotopic (exact) mass is 564 g/mol. The lowest BCUT2D eigenvalue weighted by Crippen LogP contribution is -2.41. The zero-order valence-electron chi connectivity index (χ0n) is 18.3. The molecular formula is C19H11F11N6O2. The van der Waals surface area contributed by atoms with Crippen LogP contribution in [0.4, 0.5) is 48.3 Å². The van der Waals surface area contributed by atoms with Gasteiger partial charge in [0.15, 0.2) is 11.6 Å². The normalized spacial score (nSPS) is 13.8. The van der Waals surface area contributed by atoms with E-state index < -0.39 is 65.0 Å². The maximum absolute atomic E-state index is 13.0. The molecule has 1 unspecified atom stereocenters. The van der Waals surface area contributed by atoms with Gasteiger partial charge in [0.05, 0.1) is 29.6 Å². The summed E-state index contributed by atoms with van der Waals surface area (Å²) in [5, 5.41) is 5.94. The van der Waals surface area contributed by atoms with Crippen LogP contribution in [-0.2, 0) is 12.4 Å². The Labute approximate surface area is 203 Å². The van der Waals surface area contributed by atoms with Crippen LogP contribution in [0.5, 0.6) is 5.75 Å². The minimum Gasteiger partial charge on any atom is -0.422 e. The Balaban J connectivity index is 1.76. The van der Waals surface area contributed by atoms with Gasteiger partial charge in [0.2, 0.25) is 0 Å². The number of benzene rings is 1. The topological polar surface area (TPSA) is 94.8 Å². The largest absolute Gasteiger partial charge is 0.499 e. The molecule has 0 spiro atoms. The lowest BCUT2D eigenvalue weighted by Gasteiger charge is -2.19. The molecule has 0 saturated carbocycles. The van der Waals surface area contributed by atoms with Gasteiger partial charge in [0.1, 0.15) is 6.33 Å². The van der Waals surface area contributed by atoms with Crippen molar-refractivity contribution in [1.82, 2.24) is 30.0 Å². The third-order valence-corrected chi connectivity index (χ3v) is 4.49. The molecule has 0 saturated heterocycles. The highest BCUT2D eigenvalue weighted by Crippen LogP contribution is 2.37. The number of halogens is 11. The number of nitrogens with one attached hydrogen (secondary N) is 1. The molecule has 1 atom stereocenters. The van der Waals surface area contributed by atoms with E-state index in [0.717, 1.165) is 11.0 Å². The molecule has 206 valence electrons. The number of alkyl halides is 11. The van der Waals surface area contributed by atoms with Gasteiger partial charge in [-0.05, 0) is 25.1 Å². The highest BCUT2D eigenvalue weighted by Gasteiger charge is 2.61. The van der Waals surface area contributed by atoms with E-state index in [0.29, 0.717) is 12.4 Å². The summed E-state index contributed by atoms with van der Waals surface area (Å²) in [4.78, 5) is 23.1. The molecule has 0 aliphatic carbocycles. The van der Waals surface area contributed by atoms with Gasteiger partial charge in [-0.2, -0.15) is 53.0 Å². The molecule has 0 aliphatic heterocycles. The molecule has 2 heterocycles. The first-order chi connectivity index (χ1) is 17.3. The molecule has 2 aromatic heterocycles. The first-order valence-electron chi connectivity index (χ1n) is 9.76. The summed E-state index contributed by atoms with van der Waals surface area (Å²) in [5.74, 6) is -3.02. The summed E-state index contributed by atoms with van der Waals surface area (Å²) in [5.41, 5.74) is -4.36. The van der Waals surface area contributed by atoms with Crippen LogP contribution in [0.3, 0.4) is 0 Å². The quantitative estimate of drug-likeness (QED) is 0.418. The van der Waals surface area contributed by atoms with Crippen molar-refractivity contribution < 1.29 is 57.8 Å². The first kappa shape index (κ1) is 28.5. The van der Waals surface area contributed by atoms with Gasteiger partial charge in [-0.3, -0.25) is 4.79 Å². The van der Waals surface area contributed by atoms with Crippen molar-refractivity contribution in [3.8, 4) is 11.7 Å². The van der Waals surface area contributed by atoms with Gasteiger partial charge in [0, 0.05) is 5.56 Å². The molecule has 38 heavy (non-hydrogen) atoms. The van der Waals surface area contributed by atoms with Crippen molar-refractivity contribution in [1.29, 1.82) is 0 Å². The van der Waals surface area contributed by atoms with Crippen LogP contribution in [0.2, 0.25) is 0 Å². The standard InChI is InChI=1S/C19H11F11N6O2/c1-8(34-14(37)9-2-10(16(20,21)22)4-11(3-9)17(23,24)25)13-33-7-36(35-13)15-31-5-12(6-32-15)38-19(29,30)18(26,27)28/h2-8H,1H3,(H,34,37). The summed E-state index contributed by atoms with van der Waals surface area (Å²) in [6, 6.07) is -0.892. The number of hydrogen-bond donors (Lipinski definition) is 1. The summed E-state index contributed by atoms with van der Waals surface area (Å²) in [7, 11) is 0. The summed E-state index contributed by atoms with van der Waals surface area (Å²) >= 11 is 0. The molecule has 1 amide bonds. The van der Waals surface area contributed by atoms with Gasteiger partial charge in [0.25, 0.3) is 11.9 Å². The Morgan fingerprint density at radius 1 is 0.868 bits per heavy atom. The van der Waals surface area contributed by atoms with Crippen LogP contribution in [0.25, 0.3) is 5.95 Å². The molecule has 0 radical (unpaired) electrons. The van der Waals surface area contributed by atoms with E-state index in [4.69, 9.17) is 0 Å².